The zero-order valence-electron chi connectivity index (χ0n) is 19.0. The van der Waals surface area contributed by atoms with Gasteiger partial charge in [-0.05, 0) is 38.8 Å². The fraction of sp³-hybridized carbons (Fsp3) is 0.652. The van der Waals surface area contributed by atoms with Crippen molar-refractivity contribution in [2.24, 2.45) is 10.9 Å². The Morgan fingerprint density at radius 2 is 1.83 bits per heavy atom. The van der Waals surface area contributed by atoms with E-state index in [0.29, 0.717) is 18.0 Å². The first-order valence-electron chi connectivity index (χ1n) is 11.3. The van der Waals surface area contributed by atoms with Crippen LogP contribution in [0.1, 0.15) is 27.7 Å². The van der Waals surface area contributed by atoms with Gasteiger partial charge in [-0.15, -0.1) is 0 Å². The lowest BCUT2D eigenvalue weighted by molar-refractivity contribution is -0.129. The summed E-state index contributed by atoms with van der Waals surface area (Å²) < 4.78 is 0. The smallest absolute Gasteiger partial charge is 0.244 e. The number of carbonyl (C=O) groups is 1. The van der Waals surface area contributed by atoms with Gasteiger partial charge in [0.2, 0.25) is 5.91 Å². The van der Waals surface area contributed by atoms with Gasteiger partial charge in [0.05, 0.1) is 0 Å². The summed E-state index contributed by atoms with van der Waals surface area (Å²) in [6.45, 7) is 15.1. The standard InChI is InChI=1S/C23H38N6O/c1-5-24-23(26-21-17-29(18(2)3)16-19(21)4)25-15-22(30)28-13-11-27(12-14-28)20-9-7-6-8-10-20/h6-10,18-19,21H,5,11-17H2,1-4H3,(H2,24,25,26). The third kappa shape index (κ3) is 5.88. The molecule has 0 saturated carbocycles. The van der Waals surface area contributed by atoms with Crippen LogP contribution in [-0.4, -0.2) is 86.1 Å². The number of benzene rings is 1. The summed E-state index contributed by atoms with van der Waals surface area (Å²) in [4.78, 5) is 24.1. The Bertz CT molecular complexity index is 699. The van der Waals surface area contributed by atoms with Crippen molar-refractivity contribution >= 4 is 17.6 Å². The van der Waals surface area contributed by atoms with Crippen molar-refractivity contribution in [3.63, 3.8) is 0 Å². The molecule has 0 aliphatic carbocycles. The number of likely N-dealkylation sites (tertiary alicyclic amines) is 1. The van der Waals surface area contributed by atoms with Crippen molar-refractivity contribution in [2.45, 2.75) is 39.8 Å². The Morgan fingerprint density at radius 1 is 1.13 bits per heavy atom. The molecule has 30 heavy (non-hydrogen) atoms. The molecule has 7 heteroatoms. The highest BCUT2D eigenvalue weighted by molar-refractivity contribution is 5.85. The molecule has 3 rings (SSSR count). The summed E-state index contributed by atoms with van der Waals surface area (Å²) in [5, 5.41) is 6.86. The van der Waals surface area contributed by atoms with E-state index in [9.17, 15) is 4.79 Å². The molecule has 1 aromatic rings. The molecule has 2 N–H and O–H groups in total. The average molecular weight is 415 g/mol. The van der Waals surface area contributed by atoms with Gasteiger partial charge in [-0.1, -0.05) is 25.1 Å². The fourth-order valence-corrected chi connectivity index (χ4v) is 4.21. The minimum atomic E-state index is 0.100. The number of hydrogen-bond donors (Lipinski definition) is 2. The van der Waals surface area contributed by atoms with Crippen LogP contribution in [0, 0.1) is 5.92 Å². The van der Waals surface area contributed by atoms with Gasteiger partial charge < -0.3 is 20.4 Å². The molecule has 166 valence electrons. The molecule has 2 aliphatic heterocycles. The van der Waals surface area contributed by atoms with Crippen molar-refractivity contribution in [3.05, 3.63) is 30.3 Å². The van der Waals surface area contributed by atoms with Gasteiger partial charge in [-0.2, -0.15) is 0 Å². The molecular weight excluding hydrogens is 376 g/mol. The first kappa shape index (κ1) is 22.4. The van der Waals surface area contributed by atoms with Crippen molar-refractivity contribution in [3.8, 4) is 0 Å². The summed E-state index contributed by atoms with van der Waals surface area (Å²) in [5.74, 6) is 1.40. The minimum absolute atomic E-state index is 0.100. The zero-order valence-corrected chi connectivity index (χ0v) is 19.0. The van der Waals surface area contributed by atoms with E-state index in [1.54, 1.807) is 0 Å². The molecule has 7 nitrogen and oxygen atoms in total. The third-order valence-corrected chi connectivity index (χ3v) is 6.16. The molecule has 2 fully saturated rings. The number of carbonyl (C=O) groups excluding carboxylic acids is 1. The van der Waals surface area contributed by atoms with E-state index in [2.05, 4.69) is 77.4 Å². The van der Waals surface area contributed by atoms with Crippen LogP contribution in [0.5, 0.6) is 0 Å². The first-order chi connectivity index (χ1) is 14.5. The van der Waals surface area contributed by atoms with Crippen LogP contribution in [-0.2, 0) is 4.79 Å². The van der Waals surface area contributed by atoms with Crippen LogP contribution >= 0.6 is 0 Å². The maximum Gasteiger partial charge on any atom is 0.244 e. The van der Waals surface area contributed by atoms with E-state index in [1.807, 2.05) is 11.0 Å². The van der Waals surface area contributed by atoms with Crippen LogP contribution in [0.2, 0.25) is 0 Å². The number of guanidine groups is 1. The molecule has 0 bridgehead atoms. The fourth-order valence-electron chi connectivity index (χ4n) is 4.21. The molecule has 1 amide bonds. The van der Waals surface area contributed by atoms with E-state index in [0.717, 1.165) is 51.8 Å². The predicted octanol–water partition coefficient (Wildman–Crippen LogP) is 1.62. The van der Waals surface area contributed by atoms with Crippen LogP contribution in [0.3, 0.4) is 0 Å². The van der Waals surface area contributed by atoms with E-state index >= 15 is 0 Å². The zero-order chi connectivity index (χ0) is 21.5. The highest BCUT2D eigenvalue weighted by atomic mass is 16.2. The van der Waals surface area contributed by atoms with E-state index < -0.39 is 0 Å². The molecule has 1 aromatic carbocycles. The van der Waals surface area contributed by atoms with Gasteiger partial charge in [-0.3, -0.25) is 9.69 Å². The summed E-state index contributed by atoms with van der Waals surface area (Å²) >= 11 is 0. The lowest BCUT2D eigenvalue weighted by Gasteiger charge is -2.36. The number of piperazine rings is 1. The number of para-hydroxylation sites is 1. The first-order valence-corrected chi connectivity index (χ1v) is 11.3. The number of rotatable bonds is 6. The van der Waals surface area contributed by atoms with E-state index in [1.165, 1.54) is 5.69 Å². The maximum atomic E-state index is 12.7. The second-order valence-electron chi connectivity index (χ2n) is 8.67. The number of anilines is 1. The highest BCUT2D eigenvalue weighted by Crippen LogP contribution is 2.18. The Kier molecular flexibility index (Phi) is 7.96. The number of nitrogens with zero attached hydrogens (tertiary/aromatic N) is 4. The van der Waals surface area contributed by atoms with Gasteiger partial charge >= 0.3 is 0 Å². The summed E-state index contributed by atoms with van der Waals surface area (Å²) in [5.41, 5.74) is 1.22. The summed E-state index contributed by atoms with van der Waals surface area (Å²) in [6.07, 6.45) is 0. The number of nitrogens with one attached hydrogen (secondary N) is 2. The molecule has 0 radical (unpaired) electrons. The van der Waals surface area contributed by atoms with Crippen LogP contribution in [0.15, 0.2) is 35.3 Å². The predicted molar refractivity (Wildman–Crippen MR) is 124 cm³/mol. The van der Waals surface area contributed by atoms with Crippen molar-refractivity contribution in [1.29, 1.82) is 0 Å². The Hall–Kier alpha value is -2.28. The molecule has 2 saturated heterocycles. The van der Waals surface area contributed by atoms with Crippen molar-refractivity contribution < 1.29 is 4.79 Å². The van der Waals surface area contributed by atoms with E-state index in [4.69, 9.17) is 0 Å². The van der Waals surface area contributed by atoms with Crippen molar-refractivity contribution in [2.75, 3.05) is 57.3 Å². The highest BCUT2D eigenvalue weighted by Gasteiger charge is 2.31. The van der Waals surface area contributed by atoms with Crippen LogP contribution in [0.4, 0.5) is 5.69 Å². The lowest BCUT2D eigenvalue weighted by atomic mass is 10.1. The van der Waals surface area contributed by atoms with Gasteiger partial charge in [0.1, 0.15) is 6.54 Å². The number of aliphatic imine (C=N–C) groups is 1. The lowest BCUT2D eigenvalue weighted by Crippen LogP contribution is -2.50. The second-order valence-corrected chi connectivity index (χ2v) is 8.67. The van der Waals surface area contributed by atoms with Gasteiger partial charge in [0.25, 0.3) is 0 Å². The maximum absolute atomic E-state index is 12.7. The molecule has 2 atom stereocenters. The monoisotopic (exact) mass is 414 g/mol. The van der Waals surface area contributed by atoms with Gasteiger partial charge in [0, 0.05) is 63.6 Å². The normalized spacial score (nSPS) is 23.2. The minimum Gasteiger partial charge on any atom is -0.368 e. The molecule has 0 aromatic heterocycles. The Balaban J connectivity index is 1.50. The third-order valence-electron chi connectivity index (χ3n) is 6.16. The molecule has 2 unspecified atom stereocenters. The van der Waals surface area contributed by atoms with Crippen LogP contribution in [0.25, 0.3) is 0 Å². The second kappa shape index (κ2) is 10.7. The molecule has 2 aliphatic rings. The average Bonchev–Trinajstić information content (AvgIpc) is 3.13. The number of hydrogen-bond acceptors (Lipinski definition) is 4. The molecule has 2 heterocycles. The topological polar surface area (TPSA) is 63.2 Å². The summed E-state index contributed by atoms with van der Waals surface area (Å²) in [7, 11) is 0. The molecule has 0 spiro atoms. The van der Waals surface area contributed by atoms with Gasteiger partial charge in [0.15, 0.2) is 5.96 Å². The molecular formula is C23H38N6O. The van der Waals surface area contributed by atoms with Gasteiger partial charge in [-0.25, -0.2) is 4.99 Å². The Labute approximate surface area is 181 Å². The summed E-state index contributed by atoms with van der Waals surface area (Å²) in [6, 6.07) is 11.3. The van der Waals surface area contributed by atoms with Crippen molar-refractivity contribution in [1.82, 2.24) is 20.4 Å². The quantitative estimate of drug-likeness (QED) is 0.547. The number of amides is 1. The largest absolute Gasteiger partial charge is 0.368 e. The van der Waals surface area contributed by atoms with E-state index in [-0.39, 0.29) is 12.5 Å². The SMILES string of the molecule is CCNC(=NCC(=O)N1CCN(c2ccccc2)CC1)NC1CN(C(C)C)CC1C. The Morgan fingerprint density at radius 3 is 2.43 bits per heavy atom. The van der Waals surface area contributed by atoms with Crippen LogP contribution < -0.4 is 15.5 Å².